The van der Waals surface area contributed by atoms with Gasteiger partial charge in [-0.15, -0.1) is 11.8 Å². The highest BCUT2D eigenvalue weighted by Gasteiger charge is 2.16. The van der Waals surface area contributed by atoms with Gasteiger partial charge in [-0.25, -0.2) is 0 Å². The molecule has 0 saturated carbocycles. The Morgan fingerprint density at radius 1 is 0.933 bits per heavy atom. The molecule has 0 aromatic heterocycles. The monoisotopic (exact) mass is 455 g/mol. The molecule has 0 aliphatic carbocycles. The molecule has 7 heteroatoms. The molecule has 0 bridgehead atoms. The summed E-state index contributed by atoms with van der Waals surface area (Å²) in [6.07, 6.45) is 0. The van der Waals surface area contributed by atoms with Gasteiger partial charge in [-0.2, -0.15) is 0 Å². The number of para-hydroxylation sites is 1. The minimum Gasteiger partial charge on any atom is -0.332 e. The van der Waals surface area contributed by atoms with Crippen LogP contribution in [0.15, 0.2) is 77.7 Å². The molecule has 0 heterocycles. The number of carbonyl (C=O) groups is 1. The Morgan fingerprint density at radius 2 is 1.60 bits per heavy atom. The van der Waals surface area contributed by atoms with Gasteiger partial charge < -0.3 is 16.0 Å². The summed E-state index contributed by atoms with van der Waals surface area (Å²) in [6, 6.07) is 23.0. The maximum Gasteiger partial charge on any atom is 0.237 e. The molecule has 0 spiro atoms. The fourth-order valence-electron chi connectivity index (χ4n) is 2.70. The van der Waals surface area contributed by atoms with Crippen LogP contribution in [-0.4, -0.2) is 16.3 Å². The Labute approximate surface area is 191 Å². The van der Waals surface area contributed by atoms with Gasteiger partial charge in [0.05, 0.1) is 5.25 Å². The second-order valence-corrected chi connectivity index (χ2v) is 8.86. The number of anilines is 3. The first-order valence-corrected chi connectivity index (χ1v) is 11.0. The molecule has 154 valence electrons. The number of benzene rings is 3. The summed E-state index contributed by atoms with van der Waals surface area (Å²) in [5.41, 5.74) is 3.36. The molecule has 3 aromatic carbocycles. The van der Waals surface area contributed by atoms with Crippen molar-refractivity contribution in [3.63, 3.8) is 0 Å². The van der Waals surface area contributed by atoms with Crippen LogP contribution in [0, 0.1) is 6.92 Å². The Morgan fingerprint density at radius 3 is 2.37 bits per heavy atom. The van der Waals surface area contributed by atoms with E-state index in [4.69, 9.17) is 23.8 Å². The molecule has 0 saturated heterocycles. The summed E-state index contributed by atoms with van der Waals surface area (Å²) >= 11 is 13.0. The number of carbonyl (C=O) groups excluding carboxylic acids is 1. The summed E-state index contributed by atoms with van der Waals surface area (Å²) in [7, 11) is 0. The summed E-state index contributed by atoms with van der Waals surface area (Å²) in [5, 5.41) is 10.1. The van der Waals surface area contributed by atoms with Crippen LogP contribution in [0.5, 0.6) is 0 Å². The van der Waals surface area contributed by atoms with Crippen LogP contribution in [-0.2, 0) is 4.79 Å². The van der Waals surface area contributed by atoms with Crippen LogP contribution < -0.4 is 16.0 Å². The highest BCUT2D eigenvalue weighted by atomic mass is 35.5. The topological polar surface area (TPSA) is 53.2 Å². The summed E-state index contributed by atoms with van der Waals surface area (Å²) in [6.45, 7) is 3.76. The maximum atomic E-state index is 12.6. The van der Waals surface area contributed by atoms with E-state index in [2.05, 4.69) is 16.0 Å². The molecule has 30 heavy (non-hydrogen) atoms. The van der Waals surface area contributed by atoms with Crippen LogP contribution >= 0.6 is 35.6 Å². The normalized spacial score (nSPS) is 11.4. The van der Waals surface area contributed by atoms with Gasteiger partial charge in [0, 0.05) is 27.0 Å². The second kappa shape index (κ2) is 10.5. The first-order valence-electron chi connectivity index (χ1n) is 9.38. The van der Waals surface area contributed by atoms with E-state index in [-0.39, 0.29) is 11.2 Å². The average molecular weight is 456 g/mol. The van der Waals surface area contributed by atoms with Crippen LogP contribution in [0.25, 0.3) is 0 Å². The molecule has 1 amide bonds. The molecule has 4 nitrogen and oxygen atoms in total. The van der Waals surface area contributed by atoms with E-state index in [1.54, 1.807) is 6.07 Å². The highest BCUT2D eigenvalue weighted by molar-refractivity contribution is 8.00. The van der Waals surface area contributed by atoms with Crippen molar-refractivity contribution >= 4 is 63.7 Å². The van der Waals surface area contributed by atoms with E-state index in [9.17, 15) is 4.79 Å². The Balaban J connectivity index is 1.59. The van der Waals surface area contributed by atoms with Crippen LogP contribution in [0.1, 0.15) is 12.5 Å². The fraction of sp³-hybridized carbons (Fsp3) is 0.130. The fourth-order valence-corrected chi connectivity index (χ4v) is 4.03. The van der Waals surface area contributed by atoms with Gasteiger partial charge in [-0.05, 0) is 74.1 Å². The minimum absolute atomic E-state index is 0.0787. The summed E-state index contributed by atoms with van der Waals surface area (Å²) in [5.74, 6) is -0.0787. The van der Waals surface area contributed by atoms with Crippen molar-refractivity contribution in [1.82, 2.24) is 0 Å². The van der Waals surface area contributed by atoms with Crippen molar-refractivity contribution in [3.8, 4) is 0 Å². The third-order valence-electron chi connectivity index (χ3n) is 4.33. The molecule has 0 radical (unpaired) electrons. The van der Waals surface area contributed by atoms with Gasteiger partial charge in [0.25, 0.3) is 0 Å². The van der Waals surface area contributed by atoms with Gasteiger partial charge in [-0.3, -0.25) is 4.79 Å². The first kappa shape index (κ1) is 22.2. The third-order valence-corrected chi connectivity index (χ3v) is 6.04. The van der Waals surface area contributed by atoms with E-state index in [1.165, 1.54) is 11.8 Å². The number of hydrogen-bond donors (Lipinski definition) is 3. The zero-order valence-corrected chi connectivity index (χ0v) is 19.0. The van der Waals surface area contributed by atoms with E-state index >= 15 is 0 Å². The Kier molecular flexibility index (Phi) is 7.74. The molecule has 3 N–H and O–H groups in total. The van der Waals surface area contributed by atoms with Gasteiger partial charge in [0.2, 0.25) is 5.91 Å². The van der Waals surface area contributed by atoms with Crippen molar-refractivity contribution in [2.75, 3.05) is 16.0 Å². The van der Waals surface area contributed by atoms with Crippen molar-refractivity contribution in [3.05, 3.63) is 83.4 Å². The molecule has 0 aliphatic rings. The van der Waals surface area contributed by atoms with Gasteiger partial charge >= 0.3 is 0 Å². The SMILES string of the molecule is Cc1c(Cl)cccc1NC(=O)C(C)Sc1cccc(NC(=S)Nc2ccccc2)c1. The molecular formula is C23H22ClN3OS2. The molecule has 0 fully saturated rings. The number of thiocarbonyl (C=S) groups is 1. The second-order valence-electron chi connectivity index (χ2n) is 6.63. The number of halogens is 1. The number of amides is 1. The lowest BCUT2D eigenvalue weighted by atomic mass is 10.2. The first-order chi connectivity index (χ1) is 14.4. The van der Waals surface area contributed by atoms with Crippen LogP contribution in [0.3, 0.4) is 0 Å². The van der Waals surface area contributed by atoms with Crippen molar-refractivity contribution in [2.24, 2.45) is 0 Å². The lowest BCUT2D eigenvalue weighted by molar-refractivity contribution is -0.115. The van der Waals surface area contributed by atoms with Crippen molar-refractivity contribution in [2.45, 2.75) is 24.0 Å². The van der Waals surface area contributed by atoms with E-state index in [0.29, 0.717) is 10.1 Å². The highest BCUT2D eigenvalue weighted by Crippen LogP contribution is 2.28. The van der Waals surface area contributed by atoms with Crippen molar-refractivity contribution in [1.29, 1.82) is 0 Å². The predicted molar refractivity (Wildman–Crippen MR) is 133 cm³/mol. The zero-order valence-electron chi connectivity index (χ0n) is 16.6. The smallest absolute Gasteiger partial charge is 0.237 e. The number of nitrogens with one attached hydrogen (secondary N) is 3. The average Bonchev–Trinajstić information content (AvgIpc) is 2.72. The maximum absolute atomic E-state index is 12.6. The standard InChI is InChI=1S/C23H22ClN3OS2/c1-15-20(24)12-7-13-21(15)27-22(28)16(2)30-19-11-6-10-18(14-19)26-23(29)25-17-8-4-3-5-9-17/h3-14,16H,1-2H3,(H,27,28)(H2,25,26,29). The largest absolute Gasteiger partial charge is 0.332 e. The molecule has 1 unspecified atom stereocenters. The van der Waals surface area contributed by atoms with E-state index in [1.807, 2.05) is 80.6 Å². The molecule has 0 aliphatic heterocycles. The zero-order chi connectivity index (χ0) is 21.5. The molecule has 1 atom stereocenters. The minimum atomic E-state index is -0.284. The lowest BCUT2D eigenvalue weighted by Crippen LogP contribution is -2.23. The van der Waals surface area contributed by atoms with E-state index < -0.39 is 0 Å². The summed E-state index contributed by atoms with van der Waals surface area (Å²) in [4.78, 5) is 13.6. The van der Waals surface area contributed by atoms with Crippen molar-refractivity contribution < 1.29 is 4.79 Å². The quantitative estimate of drug-likeness (QED) is 0.289. The van der Waals surface area contributed by atoms with E-state index in [0.717, 1.165) is 27.5 Å². The predicted octanol–water partition coefficient (Wildman–Crippen LogP) is 6.58. The number of rotatable bonds is 6. The van der Waals surface area contributed by atoms with Crippen LogP contribution in [0.2, 0.25) is 5.02 Å². The molecule has 3 rings (SSSR count). The van der Waals surface area contributed by atoms with Gasteiger partial charge in [0.1, 0.15) is 0 Å². The number of thioether (sulfide) groups is 1. The van der Waals surface area contributed by atoms with Gasteiger partial charge in [0.15, 0.2) is 5.11 Å². The summed E-state index contributed by atoms with van der Waals surface area (Å²) < 4.78 is 0. The van der Waals surface area contributed by atoms with Gasteiger partial charge in [-0.1, -0.05) is 41.9 Å². The Bertz CT molecular complexity index is 1040. The molecule has 3 aromatic rings. The number of hydrogen-bond acceptors (Lipinski definition) is 3. The lowest BCUT2D eigenvalue weighted by Gasteiger charge is -2.15. The van der Waals surface area contributed by atoms with Crippen LogP contribution in [0.4, 0.5) is 17.1 Å². The molecular weight excluding hydrogens is 434 g/mol. The third kappa shape index (κ3) is 6.23. The Hall–Kier alpha value is -2.54.